The summed E-state index contributed by atoms with van der Waals surface area (Å²) in [6.07, 6.45) is 0.0897. The highest BCUT2D eigenvalue weighted by molar-refractivity contribution is 6.07. The largest absolute Gasteiger partial charge is 0.418 e. The van der Waals surface area contributed by atoms with Crippen molar-refractivity contribution in [2.24, 2.45) is 23.7 Å². The lowest BCUT2D eigenvalue weighted by Crippen LogP contribution is -2.36. The number of amides is 3. The molecule has 3 aliphatic rings. The van der Waals surface area contributed by atoms with E-state index in [-0.39, 0.29) is 59.8 Å². The van der Waals surface area contributed by atoms with Crippen LogP contribution in [0.2, 0.25) is 0 Å². The Hall–Kier alpha value is -4.22. The monoisotopic (exact) mass is 514 g/mol. The molecule has 9 nitrogen and oxygen atoms in total. The Labute approximate surface area is 208 Å². The fraction of sp³-hybridized carbons (Fsp3) is 0.320. The van der Waals surface area contributed by atoms with Crippen LogP contribution in [0.5, 0.6) is 0 Å². The van der Waals surface area contributed by atoms with Crippen LogP contribution < -0.4 is 10.6 Å². The first kappa shape index (κ1) is 24.5. The summed E-state index contributed by atoms with van der Waals surface area (Å²) in [5, 5.41) is 16.6. The highest BCUT2D eigenvalue weighted by atomic mass is 19.4. The third kappa shape index (κ3) is 4.32. The smallest absolute Gasteiger partial charge is 0.378 e. The molecular weight excluding hydrogens is 493 g/mol. The van der Waals surface area contributed by atoms with E-state index < -0.39 is 33.9 Å². The molecule has 1 heterocycles. The Morgan fingerprint density at radius 1 is 1.03 bits per heavy atom. The molecule has 2 N–H and O–H groups in total. The Morgan fingerprint density at radius 3 is 2.30 bits per heavy atom. The molecule has 1 saturated carbocycles. The van der Waals surface area contributed by atoms with E-state index in [0.717, 1.165) is 24.6 Å². The number of para-hydroxylation sites is 1. The first-order valence-electron chi connectivity index (χ1n) is 11.6. The topological polar surface area (TPSA) is 122 Å². The Bertz CT molecular complexity index is 1310. The molecule has 192 valence electrons. The molecule has 12 heteroatoms. The minimum absolute atomic E-state index is 0.0255. The molecule has 5 rings (SSSR count). The number of nitro benzene ring substituents is 1. The maximum atomic E-state index is 13.2. The van der Waals surface area contributed by atoms with Crippen LogP contribution in [-0.4, -0.2) is 40.6 Å². The van der Waals surface area contributed by atoms with Crippen molar-refractivity contribution in [1.29, 1.82) is 0 Å². The van der Waals surface area contributed by atoms with Gasteiger partial charge in [-0.25, -0.2) is 0 Å². The lowest BCUT2D eigenvalue weighted by Gasteiger charge is -2.18. The molecule has 2 aliphatic carbocycles. The minimum Gasteiger partial charge on any atom is -0.378 e. The number of carbonyl (C=O) groups is 3. The highest BCUT2D eigenvalue weighted by Gasteiger charge is 2.58. The molecule has 0 spiro atoms. The van der Waals surface area contributed by atoms with Crippen molar-refractivity contribution >= 4 is 34.8 Å². The summed E-state index contributed by atoms with van der Waals surface area (Å²) in [7, 11) is 0. The van der Waals surface area contributed by atoms with Gasteiger partial charge in [-0.2, -0.15) is 13.2 Å². The van der Waals surface area contributed by atoms with E-state index in [1.54, 1.807) is 0 Å². The van der Waals surface area contributed by atoms with E-state index in [1.807, 2.05) is 12.2 Å². The first-order valence-corrected chi connectivity index (χ1v) is 11.6. The second kappa shape index (κ2) is 9.02. The highest BCUT2D eigenvalue weighted by Crippen LogP contribution is 2.52. The van der Waals surface area contributed by atoms with Gasteiger partial charge < -0.3 is 10.6 Å². The average Bonchev–Trinajstić information content (AvgIpc) is 3.53. The number of hydrogen-bond acceptors (Lipinski definition) is 6. The molecule has 0 unspecified atom stereocenters. The van der Waals surface area contributed by atoms with Crippen LogP contribution in [0.1, 0.15) is 22.3 Å². The van der Waals surface area contributed by atoms with E-state index in [1.165, 1.54) is 29.2 Å². The van der Waals surface area contributed by atoms with Crippen molar-refractivity contribution in [1.82, 2.24) is 4.90 Å². The number of fused-ring (bicyclic) bond motifs is 5. The van der Waals surface area contributed by atoms with Crippen molar-refractivity contribution in [2.45, 2.75) is 12.6 Å². The average molecular weight is 514 g/mol. The summed E-state index contributed by atoms with van der Waals surface area (Å²) in [4.78, 5) is 50.2. The van der Waals surface area contributed by atoms with Gasteiger partial charge in [0.1, 0.15) is 5.69 Å². The molecule has 2 aromatic rings. The van der Waals surface area contributed by atoms with Crippen LogP contribution in [0.15, 0.2) is 54.6 Å². The van der Waals surface area contributed by atoms with Gasteiger partial charge in [-0.15, -0.1) is 0 Å². The minimum atomic E-state index is -4.70. The number of allylic oxidation sites excluding steroid dienone is 2. The van der Waals surface area contributed by atoms with Gasteiger partial charge in [0.25, 0.3) is 11.6 Å². The molecule has 2 aromatic carbocycles. The molecule has 0 aromatic heterocycles. The van der Waals surface area contributed by atoms with E-state index in [4.69, 9.17) is 0 Å². The first-order chi connectivity index (χ1) is 17.6. The molecule has 2 bridgehead atoms. The summed E-state index contributed by atoms with van der Waals surface area (Å²) >= 11 is 0. The number of nitrogens with zero attached hydrogens (tertiary/aromatic N) is 2. The molecule has 4 atom stereocenters. The van der Waals surface area contributed by atoms with Crippen molar-refractivity contribution in [3.63, 3.8) is 0 Å². The van der Waals surface area contributed by atoms with Crippen LogP contribution in [0.3, 0.4) is 0 Å². The predicted octanol–water partition coefficient (Wildman–Crippen LogP) is 4.08. The third-order valence-electron chi connectivity index (χ3n) is 7.15. The van der Waals surface area contributed by atoms with E-state index in [0.29, 0.717) is 0 Å². The zero-order valence-electron chi connectivity index (χ0n) is 19.2. The maximum absolute atomic E-state index is 13.2. The molecule has 2 fully saturated rings. The van der Waals surface area contributed by atoms with E-state index >= 15 is 0 Å². The van der Waals surface area contributed by atoms with Gasteiger partial charge in [-0.3, -0.25) is 29.4 Å². The summed E-state index contributed by atoms with van der Waals surface area (Å²) in [6, 6.07) is 7.85. The molecule has 37 heavy (non-hydrogen) atoms. The van der Waals surface area contributed by atoms with E-state index in [9.17, 15) is 37.7 Å². The van der Waals surface area contributed by atoms with Gasteiger partial charge in [-0.05, 0) is 42.5 Å². The van der Waals surface area contributed by atoms with Gasteiger partial charge >= 0.3 is 6.18 Å². The summed E-state index contributed by atoms with van der Waals surface area (Å²) in [5.41, 5.74) is -2.17. The van der Waals surface area contributed by atoms with Crippen molar-refractivity contribution in [2.75, 3.05) is 23.7 Å². The van der Waals surface area contributed by atoms with Crippen molar-refractivity contribution in [3.8, 4) is 0 Å². The van der Waals surface area contributed by atoms with Crippen molar-refractivity contribution < 1.29 is 32.5 Å². The molecule has 0 radical (unpaired) electrons. The zero-order chi connectivity index (χ0) is 26.5. The van der Waals surface area contributed by atoms with E-state index in [2.05, 4.69) is 10.6 Å². The normalized spacial score (nSPS) is 23.9. The number of nitro groups is 1. The lowest BCUT2D eigenvalue weighted by molar-refractivity contribution is -0.384. The zero-order valence-corrected chi connectivity index (χ0v) is 19.2. The maximum Gasteiger partial charge on any atom is 0.418 e. The summed E-state index contributed by atoms with van der Waals surface area (Å²) < 4.78 is 39.6. The van der Waals surface area contributed by atoms with Crippen LogP contribution >= 0.6 is 0 Å². The quantitative estimate of drug-likeness (QED) is 0.249. The Balaban J connectivity index is 1.26. The third-order valence-corrected chi connectivity index (χ3v) is 7.15. The second-order valence-electron chi connectivity index (χ2n) is 9.24. The number of hydrogen-bond donors (Lipinski definition) is 2. The second-order valence-corrected chi connectivity index (χ2v) is 9.24. The molecule has 3 amide bonds. The number of nitrogens with one attached hydrogen (secondary N) is 2. The fourth-order valence-electron chi connectivity index (χ4n) is 5.49. The van der Waals surface area contributed by atoms with Gasteiger partial charge in [0.15, 0.2) is 0 Å². The predicted molar refractivity (Wildman–Crippen MR) is 125 cm³/mol. The molecule has 1 aliphatic heterocycles. The number of anilines is 2. The van der Waals surface area contributed by atoms with Gasteiger partial charge in [0.2, 0.25) is 11.8 Å². The van der Waals surface area contributed by atoms with Crippen LogP contribution in [0.25, 0.3) is 0 Å². The number of alkyl halides is 3. The lowest BCUT2D eigenvalue weighted by atomic mass is 9.85. The molecule has 1 saturated heterocycles. The fourth-order valence-corrected chi connectivity index (χ4v) is 5.49. The summed E-state index contributed by atoms with van der Waals surface area (Å²) in [5.74, 6) is -1.92. The van der Waals surface area contributed by atoms with Crippen LogP contribution in [-0.2, 0) is 15.8 Å². The SMILES string of the molecule is O=C(Nc1ccccc1C(F)(F)F)c1ccc(NCCN2C(=O)[C@H]3[C@H](C2=O)[C@H]2C=C[C@H]3C2)c([N+](=O)[O-])c1. The number of benzene rings is 2. The number of imide groups is 1. The van der Waals surface area contributed by atoms with Gasteiger partial charge in [0, 0.05) is 24.7 Å². The summed E-state index contributed by atoms with van der Waals surface area (Å²) in [6.45, 7) is 0.0722. The number of carbonyl (C=O) groups excluding carboxylic acids is 3. The Morgan fingerprint density at radius 2 is 1.68 bits per heavy atom. The number of rotatable bonds is 7. The number of likely N-dealkylation sites (tertiary alicyclic amines) is 1. The van der Waals surface area contributed by atoms with Gasteiger partial charge in [0.05, 0.1) is 28.0 Å². The standard InChI is InChI=1S/C25H21F3N4O5/c26-25(27,28)16-3-1-2-4-17(16)30-22(33)15-7-8-18(19(12-15)32(36)37)29-9-10-31-23(34)20-13-5-6-14(11-13)21(20)24(31)35/h1-8,12-14,20-21,29H,9-11H2,(H,30,33)/t13-,14-,20+,21+/m0/s1. The molecular formula is C25H21F3N4O5. The Kier molecular flexibility index (Phi) is 5.97. The van der Waals surface area contributed by atoms with Crippen LogP contribution in [0.4, 0.5) is 30.2 Å². The number of halogens is 3. The van der Waals surface area contributed by atoms with Gasteiger partial charge in [-0.1, -0.05) is 24.3 Å². The van der Waals surface area contributed by atoms with Crippen LogP contribution in [0, 0.1) is 33.8 Å². The van der Waals surface area contributed by atoms with Crippen molar-refractivity contribution in [3.05, 3.63) is 75.9 Å².